The van der Waals surface area contributed by atoms with Crippen molar-refractivity contribution in [3.8, 4) is 0 Å². The van der Waals surface area contributed by atoms with E-state index >= 15 is 0 Å². The summed E-state index contributed by atoms with van der Waals surface area (Å²) < 4.78 is 0. The van der Waals surface area contributed by atoms with Crippen molar-refractivity contribution in [3.63, 3.8) is 0 Å². The number of anilines is 1. The predicted molar refractivity (Wildman–Crippen MR) is 85.5 cm³/mol. The lowest BCUT2D eigenvalue weighted by Gasteiger charge is -2.35. The Morgan fingerprint density at radius 2 is 2.20 bits per heavy atom. The van der Waals surface area contributed by atoms with Crippen LogP contribution < -0.4 is 5.32 Å². The molecule has 1 aromatic heterocycles. The van der Waals surface area contributed by atoms with Crippen LogP contribution in [0.5, 0.6) is 0 Å². The summed E-state index contributed by atoms with van der Waals surface area (Å²) in [5.74, 6) is 0. The molecule has 0 aliphatic carbocycles. The second-order valence-electron chi connectivity index (χ2n) is 5.69. The van der Waals surface area contributed by atoms with Crippen molar-refractivity contribution >= 4 is 28.2 Å². The second-order valence-corrected chi connectivity index (χ2v) is 6.10. The lowest BCUT2D eigenvalue weighted by Crippen LogP contribution is -2.42. The van der Waals surface area contributed by atoms with Gasteiger partial charge in [0.2, 0.25) is 0 Å². The molecule has 1 saturated heterocycles. The lowest BCUT2D eigenvalue weighted by molar-refractivity contribution is 0.190. The number of likely N-dealkylation sites (tertiary alicyclic amines) is 1. The van der Waals surface area contributed by atoms with Crippen molar-refractivity contribution in [2.45, 2.75) is 31.8 Å². The van der Waals surface area contributed by atoms with Crippen LogP contribution in [0.2, 0.25) is 5.02 Å². The maximum Gasteiger partial charge on any atom is 0.0948 e. The monoisotopic (exact) mass is 289 g/mol. The molecule has 2 heterocycles. The summed E-state index contributed by atoms with van der Waals surface area (Å²) in [7, 11) is 2.19. The van der Waals surface area contributed by atoms with Crippen LogP contribution in [0.4, 0.5) is 5.69 Å². The van der Waals surface area contributed by atoms with Gasteiger partial charge in [0, 0.05) is 30.2 Å². The van der Waals surface area contributed by atoms with Gasteiger partial charge in [0.25, 0.3) is 0 Å². The maximum absolute atomic E-state index is 6.24. The Morgan fingerprint density at radius 3 is 3.00 bits per heavy atom. The van der Waals surface area contributed by atoms with Gasteiger partial charge in [-0.2, -0.15) is 0 Å². The fourth-order valence-corrected chi connectivity index (χ4v) is 3.11. The molecule has 20 heavy (non-hydrogen) atoms. The number of halogens is 1. The molecule has 2 aromatic rings. The minimum atomic E-state index is 0.507. The molecule has 3 rings (SSSR count). The van der Waals surface area contributed by atoms with Gasteiger partial charge >= 0.3 is 0 Å². The standard InChI is InChI=1S/C16H20ClN3/c1-11-10-12(7-9-20(11)2)19-15-6-5-14(17)13-4-3-8-18-16(13)15/h3-6,8,11-12,19H,7,9-10H2,1-2H3. The summed E-state index contributed by atoms with van der Waals surface area (Å²) in [4.78, 5) is 6.90. The number of hydrogen-bond acceptors (Lipinski definition) is 3. The Bertz CT molecular complexity index is 614. The van der Waals surface area contributed by atoms with Gasteiger partial charge in [-0.25, -0.2) is 0 Å². The van der Waals surface area contributed by atoms with E-state index in [-0.39, 0.29) is 0 Å². The first kappa shape index (κ1) is 13.7. The minimum Gasteiger partial charge on any atom is -0.380 e. The highest BCUT2D eigenvalue weighted by atomic mass is 35.5. The fraction of sp³-hybridized carbons (Fsp3) is 0.438. The van der Waals surface area contributed by atoms with Crippen molar-refractivity contribution in [2.75, 3.05) is 18.9 Å². The molecule has 0 spiro atoms. The Morgan fingerprint density at radius 1 is 1.35 bits per heavy atom. The average Bonchev–Trinajstić information content (AvgIpc) is 2.46. The Hall–Kier alpha value is -1.32. The zero-order valence-corrected chi connectivity index (χ0v) is 12.7. The van der Waals surface area contributed by atoms with Gasteiger partial charge in [-0.3, -0.25) is 4.98 Å². The van der Waals surface area contributed by atoms with Crippen molar-refractivity contribution in [2.24, 2.45) is 0 Å². The van der Waals surface area contributed by atoms with E-state index in [0.29, 0.717) is 12.1 Å². The smallest absolute Gasteiger partial charge is 0.0948 e. The van der Waals surface area contributed by atoms with E-state index in [1.165, 1.54) is 0 Å². The minimum absolute atomic E-state index is 0.507. The van der Waals surface area contributed by atoms with Crippen LogP contribution in [0.15, 0.2) is 30.5 Å². The lowest BCUT2D eigenvalue weighted by atomic mass is 9.98. The number of rotatable bonds is 2. The molecule has 1 N–H and O–H groups in total. The van der Waals surface area contributed by atoms with E-state index in [2.05, 4.69) is 29.2 Å². The molecule has 2 atom stereocenters. The van der Waals surface area contributed by atoms with Crippen LogP contribution in [0.25, 0.3) is 10.9 Å². The van der Waals surface area contributed by atoms with Crippen molar-refractivity contribution in [3.05, 3.63) is 35.5 Å². The van der Waals surface area contributed by atoms with Crippen molar-refractivity contribution < 1.29 is 0 Å². The molecule has 0 amide bonds. The molecular formula is C16H20ClN3. The van der Waals surface area contributed by atoms with Crippen LogP contribution in [0.1, 0.15) is 19.8 Å². The third kappa shape index (κ3) is 2.60. The first-order valence-electron chi connectivity index (χ1n) is 7.15. The van der Waals surface area contributed by atoms with E-state index in [9.17, 15) is 0 Å². The molecule has 1 fully saturated rings. The number of piperidine rings is 1. The number of fused-ring (bicyclic) bond motifs is 1. The molecule has 2 unspecified atom stereocenters. The highest BCUT2D eigenvalue weighted by Crippen LogP contribution is 2.29. The van der Waals surface area contributed by atoms with E-state index in [0.717, 1.165) is 41.0 Å². The molecule has 3 nitrogen and oxygen atoms in total. The summed E-state index contributed by atoms with van der Waals surface area (Å²) in [6.45, 7) is 3.42. The zero-order chi connectivity index (χ0) is 14.1. The average molecular weight is 290 g/mol. The molecular weight excluding hydrogens is 270 g/mol. The van der Waals surface area contributed by atoms with Gasteiger partial charge in [-0.1, -0.05) is 11.6 Å². The normalized spacial score (nSPS) is 23.9. The van der Waals surface area contributed by atoms with Crippen molar-refractivity contribution in [1.82, 2.24) is 9.88 Å². The summed E-state index contributed by atoms with van der Waals surface area (Å²) in [6.07, 6.45) is 4.15. The van der Waals surface area contributed by atoms with Gasteiger partial charge in [-0.15, -0.1) is 0 Å². The van der Waals surface area contributed by atoms with Gasteiger partial charge in [0.1, 0.15) is 0 Å². The Kier molecular flexibility index (Phi) is 3.81. The van der Waals surface area contributed by atoms with Gasteiger partial charge in [-0.05, 0) is 51.1 Å². The highest BCUT2D eigenvalue weighted by molar-refractivity contribution is 6.35. The fourth-order valence-electron chi connectivity index (χ4n) is 2.89. The summed E-state index contributed by atoms with van der Waals surface area (Å²) in [5, 5.41) is 5.43. The number of benzene rings is 1. The number of nitrogens with one attached hydrogen (secondary N) is 1. The summed E-state index contributed by atoms with van der Waals surface area (Å²) >= 11 is 6.24. The third-order valence-electron chi connectivity index (χ3n) is 4.28. The summed E-state index contributed by atoms with van der Waals surface area (Å²) in [6, 6.07) is 9.07. The predicted octanol–water partition coefficient (Wildman–Crippen LogP) is 3.78. The molecule has 1 aromatic carbocycles. The number of pyridine rings is 1. The number of hydrogen-bond donors (Lipinski definition) is 1. The first-order valence-corrected chi connectivity index (χ1v) is 7.53. The molecule has 0 bridgehead atoms. The van der Waals surface area contributed by atoms with E-state index in [1.807, 2.05) is 30.5 Å². The Balaban J connectivity index is 1.86. The second kappa shape index (κ2) is 5.58. The van der Waals surface area contributed by atoms with Gasteiger partial charge < -0.3 is 10.2 Å². The van der Waals surface area contributed by atoms with Crippen LogP contribution in [-0.2, 0) is 0 Å². The van der Waals surface area contributed by atoms with Gasteiger partial charge in [0.15, 0.2) is 0 Å². The number of nitrogens with zero attached hydrogens (tertiary/aromatic N) is 2. The SMILES string of the molecule is CC1CC(Nc2ccc(Cl)c3cccnc23)CCN1C. The molecule has 0 radical (unpaired) electrons. The van der Waals surface area contributed by atoms with E-state index < -0.39 is 0 Å². The maximum atomic E-state index is 6.24. The molecule has 106 valence electrons. The van der Waals surface area contributed by atoms with Crippen LogP contribution in [-0.4, -0.2) is 35.6 Å². The van der Waals surface area contributed by atoms with Crippen LogP contribution in [0, 0.1) is 0 Å². The highest BCUT2D eigenvalue weighted by Gasteiger charge is 2.23. The molecule has 1 aliphatic rings. The number of aromatic nitrogens is 1. The van der Waals surface area contributed by atoms with Gasteiger partial charge in [0.05, 0.1) is 16.2 Å². The zero-order valence-electron chi connectivity index (χ0n) is 11.9. The van der Waals surface area contributed by atoms with Crippen molar-refractivity contribution in [1.29, 1.82) is 0 Å². The Labute approximate surface area is 124 Å². The van der Waals surface area contributed by atoms with E-state index in [4.69, 9.17) is 11.6 Å². The largest absolute Gasteiger partial charge is 0.380 e. The topological polar surface area (TPSA) is 28.2 Å². The van der Waals surface area contributed by atoms with E-state index in [1.54, 1.807) is 0 Å². The van der Waals surface area contributed by atoms with Crippen LogP contribution in [0.3, 0.4) is 0 Å². The third-order valence-corrected chi connectivity index (χ3v) is 4.61. The summed E-state index contributed by atoms with van der Waals surface area (Å²) in [5.41, 5.74) is 2.05. The van der Waals surface area contributed by atoms with Crippen LogP contribution >= 0.6 is 11.6 Å². The quantitative estimate of drug-likeness (QED) is 0.912. The molecule has 0 saturated carbocycles. The molecule has 4 heteroatoms. The molecule has 1 aliphatic heterocycles. The first-order chi connectivity index (χ1) is 9.65.